The monoisotopic (exact) mass is 296 g/mol. The summed E-state index contributed by atoms with van der Waals surface area (Å²) >= 11 is 2.63. The van der Waals surface area contributed by atoms with Crippen LogP contribution in [0, 0.1) is 23.7 Å². The summed E-state index contributed by atoms with van der Waals surface area (Å²) in [5.74, 6) is 2.99. The van der Waals surface area contributed by atoms with Gasteiger partial charge in [0.15, 0.2) is 0 Å². The molecular formula is C13H13I. The van der Waals surface area contributed by atoms with Crippen LogP contribution in [0.1, 0.15) is 0 Å². The van der Waals surface area contributed by atoms with Crippen molar-refractivity contribution in [3.8, 4) is 0 Å². The fraction of sp³-hybridized carbons (Fsp3) is 0.385. The average molecular weight is 296 g/mol. The van der Waals surface area contributed by atoms with Crippen LogP contribution in [-0.4, -0.2) is 3.92 Å². The Bertz CT molecular complexity index is 314. The van der Waals surface area contributed by atoms with Gasteiger partial charge in [0.2, 0.25) is 0 Å². The molecule has 1 heteroatoms. The second-order valence-electron chi connectivity index (χ2n) is 4.29. The molecule has 0 radical (unpaired) electrons. The lowest BCUT2D eigenvalue weighted by Gasteiger charge is -2.21. The summed E-state index contributed by atoms with van der Waals surface area (Å²) < 4.78 is 0.769. The Balaban J connectivity index is 2.00. The zero-order chi connectivity index (χ0) is 9.54. The van der Waals surface area contributed by atoms with Gasteiger partial charge < -0.3 is 0 Å². The second kappa shape index (κ2) is 3.37. The second-order valence-corrected chi connectivity index (χ2v) is 5.73. The van der Waals surface area contributed by atoms with Crippen molar-refractivity contribution < 1.29 is 0 Å². The van der Waals surface area contributed by atoms with E-state index in [4.69, 9.17) is 0 Å². The third-order valence-electron chi connectivity index (χ3n) is 3.62. The molecule has 0 saturated heterocycles. The van der Waals surface area contributed by atoms with Gasteiger partial charge in [0.1, 0.15) is 0 Å². The van der Waals surface area contributed by atoms with Crippen LogP contribution in [0.15, 0.2) is 48.6 Å². The van der Waals surface area contributed by atoms with Gasteiger partial charge in [-0.1, -0.05) is 71.2 Å². The molecule has 0 N–H and O–H groups in total. The lowest BCUT2D eigenvalue weighted by Crippen LogP contribution is -2.14. The SMILES string of the molecule is IC1C2C=CC=CC2C2C=CC=CC12. The van der Waals surface area contributed by atoms with E-state index in [-0.39, 0.29) is 0 Å². The van der Waals surface area contributed by atoms with Crippen LogP contribution in [0.4, 0.5) is 0 Å². The molecule has 14 heavy (non-hydrogen) atoms. The van der Waals surface area contributed by atoms with E-state index in [0.29, 0.717) is 0 Å². The van der Waals surface area contributed by atoms with Crippen molar-refractivity contribution in [2.75, 3.05) is 0 Å². The minimum absolute atomic E-state index is 0.744. The van der Waals surface area contributed by atoms with E-state index in [9.17, 15) is 0 Å². The van der Waals surface area contributed by atoms with Gasteiger partial charge in [-0.3, -0.25) is 0 Å². The van der Waals surface area contributed by atoms with Crippen molar-refractivity contribution in [1.29, 1.82) is 0 Å². The van der Waals surface area contributed by atoms with Crippen LogP contribution in [0.5, 0.6) is 0 Å². The summed E-state index contributed by atoms with van der Waals surface area (Å²) in [5, 5.41) is 0. The molecule has 0 nitrogen and oxygen atoms in total. The Kier molecular flexibility index (Phi) is 2.15. The van der Waals surface area contributed by atoms with Crippen molar-refractivity contribution in [3.63, 3.8) is 0 Å². The summed E-state index contributed by atoms with van der Waals surface area (Å²) in [6.07, 6.45) is 18.4. The van der Waals surface area contributed by atoms with Crippen LogP contribution >= 0.6 is 22.6 Å². The molecule has 1 fully saturated rings. The largest absolute Gasteiger partial charge is 0.0813 e. The van der Waals surface area contributed by atoms with Crippen molar-refractivity contribution >= 4 is 22.6 Å². The Labute approximate surface area is 98.6 Å². The number of alkyl halides is 1. The Morgan fingerprint density at radius 3 is 1.36 bits per heavy atom. The van der Waals surface area contributed by atoms with Gasteiger partial charge >= 0.3 is 0 Å². The fourth-order valence-corrected chi connectivity index (χ4v) is 4.38. The maximum Gasteiger partial charge on any atom is 0.0247 e. The fourth-order valence-electron chi connectivity index (χ4n) is 2.95. The van der Waals surface area contributed by atoms with Crippen molar-refractivity contribution in [2.24, 2.45) is 23.7 Å². The summed E-state index contributed by atoms with van der Waals surface area (Å²) in [4.78, 5) is 0. The van der Waals surface area contributed by atoms with Gasteiger partial charge in [0.05, 0.1) is 0 Å². The molecule has 3 rings (SSSR count). The average Bonchev–Trinajstić information content (AvgIpc) is 2.55. The minimum atomic E-state index is 0.744. The summed E-state index contributed by atoms with van der Waals surface area (Å²) in [6.45, 7) is 0. The molecule has 4 unspecified atom stereocenters. The lowest BCUT2D eigenvalue weighted by molar-refractivity contribution is 0.461. The molecule has 3 aliphatic carbocycles. The predicted molar refractivity (Wildman–Crippen MR) is 68.3 cm³/mol. The third kappa shape index (κ3) is 1.18. The molecule has 0 aromatic carbocycles. The van der Waals surface area contributed by atoms with Gasteiger partial charge in [-0.2, -0.15) is 0 Å². The Morgan fingerprint density at radius 2 is 0.929 bits per heavy atom. The molecule has 0 spiro atoms. The van der Waals surface area contributed by atoms with E-state index in [1.54, 1.807) is 0 Å². The van der Waals surface area contributed by atoms with E-state index in [1.807, 2.05) is 0 Å². The molecule has 0 aromatic heterocycles. The smallest absolute Gasteiger partial charge is 0.0247 e. The topological polar surface area (TPSA) is 0 Å². The van der Waals surface area contributed by atoms with Gasteiger partial charge in [-0.15, -0.1) is 0 Å². The minimum Gasteiger partial charge on any atom is -0.0813 e. The van der Waals surface area contributed by atoms with Gasteiger partial charge in [-0.05, 0) is 23.7 Å². The first-order valence-electron chi connectivity index (χ1n) is 5.22. The first kappa shape index (κ1) is 8.96. The highest BCUT2D eigenvalue weighted by Crippen LogP contribution is 2.50. The first-order valence-corrected chi connectivity index (χ1v) is 6.46. The lowest BCUT2D eigenvalue weighted by atomic mass is 9.83. The maximum atomic E-state index is 2.63. The Morgan fingerprint density at radius 1 is 0.571 bits per heavy atom. The van der Waals surface area contributed by atoms with Crippen LogP contribution in [0.2, 0.25) is 0 Å². The predicted octanol–water partition coefficient (Wildman–Crippen LogP) is 3.52. The molecule has 0 aromatic rings. The summed E-state index contributed by atoms with van der Waals surface area (Å²) in [6, 6.07) is 0. The standard InChI is InChI=1S/C13H13I/c14-13-11-7-3-1-5-9(11)10-6-2-4-8-12(10)13/h1-13H. The number of allylic oxidation sites excluding steroid dienone is 8. The van der Waals surface area contributed by atoms with E-state index >= 15 is 0 Å². The zero-order valence-corrected chi connectivity index (χ0v) is 10.0. The van der Waals surface area contributed by atoms with Crippen LogP contribution in [-0.2, 0) is 0 Å². The molecule has 1 saturated carbocycles. The zero-order valence-electron chi connectivity index (χ0n) is 7.88. The molecule has 0 bridgehead atoms. The van der Waals surface area contributed by atoms with Crippen LogP contribution in [0.25, 0.3) is 0 Å². The van der Waals surface area contributed by atoms with E-state index in [2.05, 4.69) is 71.2 Å². The van der Waals surface area contributed by atoms with Gasteiger partial charge in [-0.25, -0.2) is 0 Å². The van der Waals surface area contributed by atoms with Crippen LogP contribution < -0.4 is 0 Å². The number of halogens is 1. The number of fused-ring (bicyclic) bond motifs is 3. The highest BCUT2D eigenvalue weighted by Gasteiger charge is 2.45. The molecule has 4 atom stereocenters. The molecule has 0 aliphatic heterocycles. The highest BCUT2D eigenvalue weighted by molar-refractivity contribution is 14.1. The molecule has 3 aliphatic rings. The Hall–Kier alpha value is -0.310. The molecule has 72 valence electrons. The third-order valence-corrected chi connectivity index (χ3v) is 5.29. The molecular weight excluding hydrogens is 283 g/mol. The maximum absolute atomic E-state index is 2.63. The highest BCUT2D eigenvalue weighted by atomic mass is 127. The molecule has 0 heterocycles. The van der Waals surface area contributed by atoms with Crippen molar-refractivity contribution in [2.45, 2.75) is 3.92 Å². The van der Waals surface area contributed by atoms with Gasteiger partial charge in [0, 0.05) is 3.92 Å². The summed E-state index contributed by atoms with van der Waals surface area (Å²) in [5.41, 5.74) is 0. The van der Waals surface area contributed by atoms with E-state index in [0.717, 1.165) is 27.6 Å². The summed E-state index contributed by atoms with van der Waals surface area (Å²) in [7, 11) is 0. The number of rotatable bonds is 0. The quantitative estimate of drug-likeness (QED) is 0.474. The van der Waals surface area contributed by atoms with E-state index in [1.165, 1.54) is 0 Å². The van der Waals surface area contributed by atoms with Crippen LogP contribution in [0.3, 0.4) is 0 Å². The van der Waals surface area contributed by atoms with Crippen molar-refractivity contribution in [3.05, 3.63) is 48.6 Å². The van der Waals surface area contributed by atoms with Gasteiger partial charge in [0.25, 0.3) is 0 Å². The molecule has 0 amide bonds. The normalized spacial score (nSPS) is 47.9. The number of hydrogen-bond acceptors (Lipinski definition) is 0. The van der Waals surface area contributed by atoms with Crippen molar-refractivity contribution in [1.82, 2.24) is 0 Å². The van der Waals surface area contributed by atoms with E-state index < -0.39 is 0 Å². The number of hydrogen-bond donors (Lipinski definition) is 0. The first-order chi connectivity index (χ1) is 6.88.